The number of hydrogen-bond acceptors (Lipinski definition) is 4. The van der Waals surface area contributed by atoms with Crippen LogP contribution in [-0.4, -0.2) is 55.3 Å². The molecular weight excluding hydrogens is 340 g/mol. The number of anilines is 1. The van der Waals surface area contributed by atoms with E-state index >= 15 is 0 Å². The molecule has 2 saturated heterocycles. The Labute approximate surface area is 160 Å². The van der Waals surface area contributed by atoms with Crippen molar-refractivity contribution in [3.8, 4) is 0 Å². The minimum atomic E-state index is -0.977. The zero-order chi connectivity index (χ0) is 18.9. The van der Waals surface area contributed by atoms with E-state index in [4.69, 9.17) is 4.74 Å². The number of β-amino-alcohol motifs (C(OH)–C–C–N with tert-alkyl or cyclic N) is 1. The van der Waals surface area contributed by atoms with E-state index in [9.17, 15) is 9.90 Å². The van der Waals surface area contributed by atoms with Crippen LogP contribution in [0.3, 0.4) is 0 Å². The van der Waals surface area contributed by atoms with E-state index in [0.717, 1.165) is 29.9 Å². The predicted octanol–water partition coefficient (Wildman–Crippen LogP) is 2.57. The van der Waals surface area contributed by atoms with Crippen molar-refractivity contribution in [3.05, 3.63) is 65.2 Å². The Hall–Kier alpha value is -2.37. The minimum Gasteiger partial charge on any atom is -0.383 e. The van der Waals surface area contributed by atoms with Crippen LogP contribution >= 0.6 is 0 Å². The van der Waals surface area contributed by atoms with Gasteiger partial charge in [0.05, 0.1) is 25.3 Å². The van der Waals surface area contributed by atoms with Gasteiger partial charge >= 0.3 is 0 Å². The smallest absolute Gasteiger partial charge is 0.256 e. The molecule has 4 rings (SSSR count). The van der Waals surface area contributed by atoms with Crippen LogP contribution in [0.1, 0.15) is 27.9 Å². The van der Waals surface area contributed by atoms with Crippen molar-refractivity contribution in [1.82, 2.24) is 4.90 Å². The van der Waals surface area contributed by atoms with Gasteiger partial charge in [0.15, 0.2) is 0 Å². The summed E-state index contributed by atoms with van der Waals surface area (Å²) in [7, 11) is 0. The number of likely N-dealkylation sites (tertiary alicyclic amines) is 1. The molecule has 2 aliphatic heterocycles. The fraction of sp³-hybridized carbons (Fsp3) is 0.409. The lowest BCUT2D eigenvalue weighted by Crippen LogP contribution is -2.39. The van der Waals surface area contributed by atoms with Crippen LogP contribution < -0.4 is 4.90 Å². The molecule has 27 heavy (non-hydrogen) atoms. The third-order valence-electron chi connectivity index (χ3n) is 5.67. The Morgan fingerprint density at radius 1 is 1.04 bits per heavy atom. The number of aryl methyl sites for hydroxylation is 1. The first-order valence-corrected chi connectivity index (χ1v) is 9.58. The molecule has 2 fully saturated rings. The number of para-hydroxylation sites is 1. The number of morpholine rings is 1. The summed E-state index contributed by atoms with van der Waals surface area (Å²) >= 11 is 0. The van der Waals surface area contributed by atoms with Crippen molar-refractivity contribution < 1.29 is 14.6 Å². The fourth-order valence-electron chi connectivity index (χ4n) is 4.19. The summed E-state index contributed by atoms with van der Waals surface area (Å²) in [5.41, 5.74) is 2.66. The number of aliphatic hydroxyl groups is 1. The van der Waals surface area contributed by atoms with Crippen molar-refractivity contribution in [3.63, 3.8) is 0 Å². The van der Waals surface area contributed by atoms with Gasteiger partial charge in [-0.15, -0.1) is 0 Å². The molecule has 0 unspecified atom stereocenters. The molecule has 0 aromatic heterocycles. The van der Waals surface area contributed by atoms with Gasteiger partial charge in [0, 0.05) is 25.3 Å². The van der Waals surface area contributed by atoms with Gasteiger partial charge in [0.25, 0.3) is 5.91 Å². The first-order chi connectivity index (χ1) is 13.1. The maximum absolute atomic E-state index is 13.3. The molecule has 1 atom stereocenters. The quantitative estimate of drug-likeness (QED) is 0.907. The maximum Gasteiger partial charge on any atom is 0.256 e. The summed E-state index contributed by atoms with van der Waals surface area (Å²) in [6, 6.07) is 15.6. The number of benzene rings is 2. The lowest BCUT2D eigenvalue weighted by Gasteiger charge is -2.31. The molecule has 2 aromatic carbocycles. The Bertz CT molecular complexity index is 832. The summed E-state index contributed by atoms with van der Waals surface area (Å²) in [6.07, 6.45) is 0.559. The van der Waals surface area contributed by atoms with Crippen LogP contribution in [0.2, 0.25) is 0 Å². The monoisotopic (exact) mass is 366 g/mol. The molecule has 0 radical (unpaired) electrons. The van der Waals surface area contributed by atoms with E-state index in [0.29, 0.717) is 38.3 Å². The number of hydrogen-bond donors (Lipinski definition) is 1. The van der Waals surface area contributed by atoms with Crippen LogP contribution in [-0.2, 0) is 10.3 Å². The number of nitrogens with zero attached hydrogens (tertiary/aromatic N) is 2. The van der Waals surface area contributed by atoms with E-state index in [-0.39, 0.29) is 5.91 Å². The highest BCUT2D eigenvalue weighted by Crippen LogP contribution is 2.35. The average Bonchev–Trinajstić information content (AvgIpc) is 3.11. The number of rotatable bonds is 3. The van der Waals surface area contributed by atoms with Crippen LogP contribution in [0.4, 0.5) is 5.69 Å². The van der Waals surface area contributed by atoms with Crippen LogP contribution in [0.15, 0.2) is 48.5 Å². The van der Waals surface area contributed by atoms with E-state index < -0.39 is 5.60 Å². The van der Waals surface area contributed by atoms with Crippen molar-refractivity contribution in [2.24, 2.45) is 0 Å². The van der Waals surface area contributed by atoms with E-state index in [1.54, 1.807) is 4.90 Å². The molecule has 2 heterocycles. The van der Waals surface area contributed by atoms with Gasteiger partial charge < -0.3 is 19.6 Å². The number of ether oxygens (including phenoxy) is 1. The molecule has 0 bridgehead atoms. The van der Waals surface area contributed by atoms with Crippen molar-refractivity contribution in [2.45, 2.75) is 18.9 Å². The average molecular weight is 366 g/mol. The van der Waals surface area contributed by atoms with Crippen LogP contribution in [0.25, 0.3) is 0 Å². The molecular formula is C22H26N2O3. The molecule has 5 heteroatoms. The zero-order valence-electron chi connectivity index (χ0n) is 15.7. The van der Waals surface area contributed by atoms with Gasteiger partial charge in [0.1, 0.15) is 5.60 Å². The molecule has 2 aliphatic rings. The van der Waals surface area contributed by atoms with Gasteiger partial charge in [-0.3, -0.25) is 4.79 Å². The zero-order valence-corrected chi connectivity index (χ0v) is 15.7. The molecule has 1 N–H and O–H groups in total. The van der Waals surface area contributed by atoms with Crippen molar-refractivity contribution in [1.29, 1.82) is 0 Å². The van der Waals surface area contributed by atoms with Crippen molar-refractivity contribution >= 4 is 11.6 Å². The highest BCUT2D eigenvalue weighted by molar-refractivity contribution is 6.00. The van der Waals surface area contributed by atoms with E-state index in [2.05, 4.69) is 4.90 Å². The van der Waals surface area contributed by atoms with Gasteiger partial charge in [-0.1, -0.05) is 36.4 Å². The summed E-state index contributed by atoms with van der Waals surface area (Å²) in [5.74, 6) is -0.0124. The SMILES string of the molecule is Cc1ccccc1[C@@]1(O)CCN(C(=O)c2ccccc2N2CCOCC2)C1. The Balaban J connectivity index is 1.57. The topological polar surface area (TPSA) is 53.0 Å². The lowest BCUT2D eigenvalue weighted by atomic mass is 9.89. The minimum absolute atomic E-state index is 0.0124. The van der Waals surface area contributed by atoms with Gasteiger partial charge in [-0.2, -0.15) is 0 Å². The van der Waals surface area contributed by atoms with Gasteiger partial charge in [-0.25, -0.2) is 0 Å². The lowest BCUT2D eigenvalue weighted by molar-refractivity contribution is 0.0412. The fourth-order valence-corrected chi connectivity index (χ4v) is 4.19. The van der Waals surface area contributed by atoms with Crippen LogP contribution in [0, 0.1) is 6.92 Å². The Kier molecular flexibility index (Phi) is 4.89. The molecule has 2 aromatic rings. The summed E-state index contributed by atoms with van der Waals surface area (Å²) < 4.78 is 5.44. The first-order valence-electron chi connectivity index (χ1n) is 9.58. The largest absolute Gasteiger partial charge is 0.383 e. The van der Waals surface area contributed by atoms with Gasteiger partial charge in [-0.05, 0) is 36.6 Å². The van der Waals surface area contributed by atoms with Crippen LogP contribution in [0.5, 0.6) is 0 Å². The predicted molar refractivity (Wildman–Crippen MR) is 105 cm³/mol. The second-order valence-corrected chi connectivity index (χ2v) is 7.44. The molecule has 0 aliphatic carbocycles. The normalized spacial score (nSPS) is 22.9. The highest BCUT2D eigenvalue weighted by atomic mass is 16.5. The molecule has 1 amide bonds. The second kappa shape index (κ2) is 7.33. The molecule has 5 nitrogen and oxygen atoms in total. The number of carbonyl (C=O) groups is 1. The first kappa shape index (κ1) is 18.0. The van der Waals surface area contributed by atoms with Gasteiger partial charge in [0.2, 0.25) is 0 Å². The second-order valence-electron chi connectivity index (χ2n) is 7.44. The number of carbonyl (C=O) groups excluding carboxylic acids is 1. The third-order valence-corrected chi connectivity index (χ3v) is 5.67. The summed E-state index contributed by atoms with van der Waals surface area (Å²) in [6.45, 7) is 5.83. The van der Waals surface area contributed by atoms with Crippen molar-refractivity contribution in [2.75, 3.05) is 44.3 Å². The third kappa shape index (κ3) is 3.45. The standard InChI is InChI=1S/C22H26N2O3/c1-17-6-2-4-8-19(17)22(26)10-11-24(16-22)21(25)18-7-3-5-9-20(18)23-12-14-27-15-13-23/h2-9,26H,10-16H2,1H3/t22-/m1/s1. The summed E-state index contributed by atoms with van der Waals surface area (Å²) in [4.78, 5) is 17.3. The number of amides is 1. The van der Waals surface area contributed by atoms with E-state index in [1.165, 1.54) is 0 Å². The maximum atomic E-state index is 13.3. The summed E-state index contributed by atoms with van der Waals surface area (Å²) in [5, 5.41) is 11.2. The Morgan fingerprint density at radius 2 is 1.74 bits per heavy atom. The van der Waals surface area contributed by atoms with E-state index in [1.807, 2.05) is 55.5 Å². The highest BCUT2D eigenvalue weighted by Gasteiger charge is 2.41. The molecule has 142 valence electrons. The molecule has 0 spiro atoms. The molecule has 0 saturated carbocycles. The Morgan fingerprint density at radius 3 is 2.52 bits per heavy atom.